The Balaban J connectivity index is 1.95. The number of benzene rings is 1. The maximum absolute atomic E-state index is 4.68. The lowest BCUT2D eigenvalue weighted by molar-refractivity contribution is 0.844. The number of para-hydroxylation sites is 1. The molecule has 4 rings (SSSR count). The molecule has 0 saturated heterocycles. The third-order valence-corrected chi connectivity index (χ3v) is 4.21. The van der Waals surface area contributed by atoms with E-state index in [1.165, 1.54) is 0 Å². The van der Waals surface area contributed by atoms with Crippen molar-refractivity contribution in [2.45, 2.75) is 20.3 Å². The molecule has 1 aromatic heterocycles. The fourth-order valence-corrected chi connectivity index (χ4v) is 3.01. The first kappa shape index (κ1) is 14.5. The monoisotopic (exact) mass is 315 g/mol. The Morgan fingerprint density at radius 1 is 1.00 bits per heavy atom. The van der Waals surface area contributed by atoms with E-state index in [0.717, 1.165) is 46.3 Å². The van der Waals surface area contributed by atoms with Crippen molar-refractivity contribution in [3.63, 3.8) is 0 Å². The van der Waals surface area contributed by atoms with Crippen molar-refractivity contribution in [3.05, 3.63) is 83.3 Å². The minimum atomic E-state index is 0.725. The Morgan fingerprint density at radius 3 is 2.62 bits per heavy atom. The van der Waals surface area contributed by atoms with Crippen molar-refractivity contribution in [2.24, 2.45) is 15.2 Å². The van der Waals surface area contributed by atoms with Gasteiger partial charge in [0.25, 0.3) is 0 Å². The van der Waals surface area contributed by atoms with Gasteiger partial charge in [0.05, 0.1) is 29.0 Å². The first-order valence-corrected chi connectivity index (χ1v) is 8.00. The van der Waals surface area contributed by atoms with Crippen molar-refractivity contribution in [2.75, 3.05) is 4.90 Å². The van der Waals surface area contributed by atoms with E-state index in [2.05, 4.69) is 51.1 Å². The maximum Gasteiger partial charge on any atom is 0.178 e. The van der Waals surface area contributed by atoms with Gasteiger partial charge >= 0.3 is 0 Å². The zero-order chi connectivity index (χ0) is 16.5. The Morgan fingerprint density at radius 2 is 1.83 bits per heavy atom. The molecule has 2 aromatic rings. The Bertz CT molecular complexity index is 906. The summed E-state index contributed by atoms with van der Waals surface area (Å²) in [5, 5.41) is 8.70. The van der Waals surface area contributed by atoms with Gasteiger partial charge in [0, 0.05) is 17.5 Å². The fourth-order valence-electron chi connectivity index (χ4n) is 3.01. The molecule has 3 heterocycles. The van der Waals surface area contributed by atoms with Crippen LogP contribution in [0.15, 0.2) is 87.3 Å². The Labute approximate surface area is 140 Å². The molecule has 0 amide bonds. The van der Waals surface area contributed by atoms with Crippen LogP contribution in [0.5, 0.6) is 0 Å². The van der Waals surface area contributed by atoms with E-state index in [-0.39, 0.29) is 0 Å². The Kier molecular flexibility index (Phi) is 3.54. The number of hydrogen-bond donors (Lipinski definition) is 0. The van der Waals surface area contributed by atoms with Crippen molar-refractivity contribution in [3.8, 4) is 0 Å². The van der Waals surface area contributed by atoms with Crippen LogP contribution in [-0.2, 0) is 0 Å². The van der Waals surface area contributed by atoms with Crippen LogP contribution in [-0.4, -0.2) is 10.7 Å². The average Bonchev–Trinajstić information content (AvgIpc) is 2.80. The molecule has 2 aliphatic rings. The molecular weight excluding hydrogens is 298 g/mol. The van der Waals surface area contributed by atoms with Gasteiger partial charge in [0.2, 0.25) is 0 Å². The molecule has 2 aliphatic heterocycles. The summed E-state index contributed by atoms with van der Waals surface area (Å²) in [5.74, 6) is 0.725. The molecule has 0 N–H and O–H groups in total. The number of anilines is 1. The molecule has 24 heavy (non-hydrogen) atoms. The third-order valence-electron chi connectivity index (χ3n) is 4.21. The number of fused-ring (bicyclic) bond motifs is 3. The number of allylic oxidation sites excluding steroid dienone is 2. The van der Waals surface area contributed by atoms with Gasteiger partial charge in [0.15, 0.2) is 5.82 Å². The van der Waals surface area contributed by atoms with Gasteiger partial charge in [0.1, 0.15) is 0 Å². The lowest BCUT2D eigenvalue weighted by Crippen LogP contribution is -2.23. The van der Waals surface area contributed by atoms with Crippen molar-refractivity contribution < 1.29 is 0 Å². The molecule has 5 heteroatoms. The number of pyridine rings is 1. The van der Waals surface area contributed by atoms with Gasteiger partial charge in [-0.25, -0.2) is 4.99 Å². The Hall–Kier alpha value is -3.08. The molecule has 0 radical (unpaired) electrons. The summed E-state index contributed by atoms with van der Waals surface area (Å²) in [5.41, 5.74) is 5.85. The van der Waals surface area contributed by atoms with E-state index in [0.29, 0.717) is 0 Å². The van der Waals surface area contributed by atoms with Crippen molar-refractivity contribution >= 4 is 11.4 Å². The highest BCUT2D eigenvalue weighted by Gasteiger charge is 2.27. The summed E-state index contributed by atoms with van der Waals surface area (Å²) in [4.78, 5) is 11.3. The quantitative estimate of drug-likeness (QED) is 0.810. The molecule has 5 nitrogen and oxygen atoms in total. The second-order valence-electron chi connectivity index (χ2n) is 5.62. The largest absolute Gasteiger partial charge is 0.294 e. The zero-order valence-corrected chi connectivity index (χ0v) is 13.6. The number of azo groups is 1. The van der Waals surface area contributed by atoms with Crippen LogP contribution < -0.4 is 4.90 Å². The van der Waals surface area contributed by atoms with Crippen LogP contribution >= 0.6 is 0 Å². The van der Waals surface area contributed by atoms with E-state index in [1.807, 2.05) is 30.3 Å². The summed E-state index contributed by atoms with van der Waals surface area (Å²) < 4.78 is 0. The molecule has 0 aliphatic carbocycles. The van der Waals surface area contributed by atoms with Crippen molar-refractivity contribution in [1.82, 2.24) is 4.98 Å². The van der Waals surface area contributed by atoms with E-state index in [1.54, 1.807) is 12.4 Å². The molecule has 0 unspecified atom stereocenters. The first-order chi connectivity index (χ1) is 11.8. The van der Waals surface area contributed by atoms with Crippen LogP contribution in [0, 0.1) is 0 Å². The summed E-state index contributed by atoms with van der Waals surface area (Å²) in [6.45, 7) is 4.17. The van der Waals surface area contributed by atoms with Crippen LogP contribution in [0.25, 0.3) is 0 Å². The smallest absolute Gasteiger partial charge is 0.178 e. The van der Waals surface area contributed by atoms with Gasteiger partial charge < -0.3 is 0 Å². The molecule has 0 fully saturated rings. The van der Waals surface area contributed by atoms with Crippen molar-refractivity contribution in [1.29, 1.82) is 0 Å². The van der Waals surface area contributed by atoms with E-state index >= 15 is 0 Å². The second-order valence-corrected chi connectivity index (χ2v) is 5.62. The molecular formula is C19H17N5. The summed E-state index contributed by atoms with van der Waals surface area (Å²) >= 11 is 0. The highest BCUT2D eigenvalue weighted by Crippen LogP contribution is 2.36. The lowest BCUT2D eigenvalue weighted by Gasteiger charge is -2.29. The number of nitrogens with zero attached hydrogens (tertiary/aromatic N) is 5. The van der Waals surface area contributed by atoms with Crippen LogP contribution in [0.3, 0.4) is 0 Å². The number of hydrogen-bond acceptors (Lipinski definition) is 5. The zero-order valence-electron chi connectivity index (χ0n) is 13.6. The molecule has 1 aromatic carbocycles. The summed E-state index contributed by atoms with van der Waals surface area (Å²) in [6, 6.07) is 14.1. The van der Waals surface area contributed by atoms with Gasteiger partial charge in [-0.1, -0.05) is 31.2 Å². The first-order valence-electron chi connectivity index (χ1n) is 8.00. The SMILES string of the molecule is CCC1=C(C)N2C(=CN=C(c3ccccn3)c3ccccc32)N=N1. The number of rotatable bonds is 2. The number of aliphatic imine (C=N–C) groups is 1. The van der Waals surface area contributed by atoms with Gasteiger partial charge in [-0.3, -0.25) is 9.88 Å². The minimum Gasteiger partial charge on any atom is -0.294 e. The maximum atomic E-state index is 4.68. The lowest BCUT2D eigenvalue weighted by atomic mass is 10.0. The summed E-state index contributed by atoms with van der Waals surface area (Å²) in [7, 11) is 0. The normalized spacial score (nSPS) is 16.2. The predicted molar refractivity (Wildman–Crippen MR) is 94.7 cm³/mol. The summed E-state index contributed by atoms with van der Waals surface area (Å²) in [6.07, 6.45) is 4.39. The van der Waals surface area contributed by atoms with Gasteiger partial charge in [-0.2, -0.15) is 5.11 Å². The molecule has 0 bridgehead atoms. The standard InChI is InChI=1S/C19H17N5/c1-3-15-13(2)24-17-10-5-4-8-14(17)19(16-9-6-7-11-20-16)21-12-18(24)23-22-15/h4-12H,3H2,1-2H3. The highest BCUT2D eigenvalue weighted by molar-refractivity contribution is 6.15. The van der Waals surface area contributed by atoms with Crippen LogP contribution in [0.1, 0.15) is 31.5 Å². The van der Waals surface area contributed by atoms with Gasteiger partial charge in [-0.05, 0) is 31.5 Å². The molecule has 0 saturated carbocycles. The average molecular weight is 315 g/mol. The molecule has 0 atom stereocenters. The fraction of sp³-hybridized carbons (Fsp3) is 0.158. The van der Waals surface area contributed by atoms with Crippen LogP contribution in [0.4, 0.5) is 5.69 Å². The number of aromatic nitrogens is 1. The molecule has 0 spiro atoms. The molecule has 118 valence electrons. The highest BCUT2D eigenvalue weighted by atomic mass is 15.3. The van der Waals surface area contributed by atoms with E-state index < -0.39 is 0 Å². The topological polar surface area (TPSA) is 53.2 Å². The second kappa shape index (κ2) is 5.85. The third kappa shape index (κ3) is 2.25. The van der Waals surface area contributed by atoms with E-state index in [4.69, 9.17) is 0 Å². The minimum absolute atomic E-state index is 0.725. The van der Waals surface area contributed by atoms with Gasteiger partial charge in [-0.15, -0.1) is 5.11 Å². The predicted octanol–water partition coefficient (Wildman–Crippen LogP) is 4.65. The van der Waals surface area contributed by atoms with Crippen LogP contribution in [0.2, 0.25) is 0 Å². The van der Waals surface area contributed by atoms with E-state index in [9.17, 15) is 0 Å².